The van der Waals surface area contributed by atoms with E-state index in [1.54, 1.807) is 12.1 Å². The highest BCUT2D eigenvalue weighted by Crippen LogP contribution is 2.30. The maximum Gasteiger partial charge on any atom is 0.416 e. The van der Waals surface area contributed by atoms with E-state index in [1.165, 1.54) is 5.56 Å². The molecule has 5 rings (SSSR count). The topological polar surface area (TPSA) is 32.8 Å². The summed E-state index contributed by atoms with van der Waals surface area (Å²) in [4.78, 5) is 17.8. The minimum Gasteiger partial charge on any atom is -0.490 e. The quantitative estimate of drug-likeness (QED) is 0.263. The van der Waals surface area contributed by atoms with E-state index in [9.17, 15) is 18.0 Å². The molecule has 0 unspecified atom stereocenters. The van der Waals surface area contributed by atoms with E-state index in [-0.39, 0.29) is 11.9 Å². The van der Waals surface area contributed by atoms with E-state index in [2.05, 4.69) is 34.1 Å². The smallest absolute Gasteiger partial charge is 0.416 e. The second-order valence-corrected chi connectivity index (χ2v) is 11.1. The lowest BCUT2D eigenvalue weighted by molar-refractivity contribution is -0.137. The van der Waals surface area contributed by atoms with Crippen molar-refractivity contribution < 1.29 is 22.7 Å². The first-order valence-corrected chi connectivity index (χ1v) is 14.3. The Morgan fingerprint density at radius 1 is 0.750 bits per heavy atom. The number of piperidine rings is 2. The third-order valence-corrected chi connectivity index (χ3v) is 8.11. The van der Waals surface area contributed by atoms with Crippen LogP contribution >= 0.6 is 0 Å². The molecule has 3 aromatic carbocycles. The molecule has 4 nitrogen and oxygen atoms in total. The van der Waals surface area contributed by atoms with Crippen LogP contribution in [0.4, 0.5) is 13.2 Å². The average Bonchev–Trinajstić information content (AvgIpc) is 2.96. The number of ketones is 1. The number of hydrogen-bond donors (Lipinski definition) is 0. The Hall–Kier alpha value is -3.16. The number of benzene rings is 3. The molecule has 0 atom stereocenters. The lowest BCUT2D eigenvalue weighted by atomic mass is 9.89. The van der Waals surface area contributed by atoms with Crippen LogP contribution in [-0.2, 0) is 19.3 Å². The Morgan fingerprint density at radius 2 is 1.35 bits per heavy atom. The van der Waals surface area contributed by atoms with Gasteiger partial charge in [-0.15, -0.1) is 0 Å². The summed E-state index contributed by atoms with van der Waals surface area (Å²) >= 11 is 0. The van der Waals surface area contributed by atoms with Gasteiger partial charge in [0.2, 0.25) is 0 Å². The van der Waals surface area contributed by atoms with Gasteiger partial charge in [0.1, 0.15) is 11.9 Å². The van der Waals surface area contributed by atoms with Crippen LogP contribution in [0.3, 0.4) is 0 Å². The number of ether oxygens (including phenoxy) is 1. The zero-order chi connectivity index (χ0) is 28.0. The Labute approximate surface area is 234 Å². The summed E-state index contributed by atoms with van der Waals surface area (Å²) in [5, 5.41) is 0. The molecule has 2 heterocycles. The van der Waals surface area contributed by atoms with Crippen LogP contribution in [0.25, 0.3) is 0 Å². The van der Waals surface area contributed by atoms with Crippen LogP contribution in [0.15, 0.2) is 78.9 Å². The Morgan fingerprint density at radius 3 is 1.98 bits per heavy atom. The monoisotopic (exact) mass is 550 g/mol. The maximum atomic E-state index is 13.1. The predicted octanol–water partition coefficient (Wildman–Crippen LogP) is 7.23. The van der Waals surface area contributed by atoms with Crippen molar-refractivity contribution in [3.63, 3.8) is 0 Å². The molecule has 0 bridgehead atoms. The molecule has 0 spiro atoms. The summed E-state index contributed by atoms with van der Waals surface area (Å²) in [5.74, 6) is 1.32. The largest absolute Gasteiger partial charge is 0.490 e. The normalized spacial score (nSPS) is 18.1. The molecule has 2 aliphatic heterocycles. The standard InChI is InChI=1S/C33H37F3N2O2/c34-33(35,36)29-11-9-27(10-12-29)24-38-19-15-30(16-20-38)40-31-8-4-7-28(22-31)32(39)21-25-13-17-37(18-14-25)23-26-5-2-1-3-6-26/h1-12,22,25,30H,13-21,23-24H2. The van der Waals surface area contributed by atoms with E-state index in [0.717, 1.165) is 81.9 Å². The van der Waals surface area contributed by atoms with Crippen LogP contribution in [0, 0.1) is 5.92 Å². The number of hydrogen-bond acceptors (Lipinski definition) is 4. The molecule has 0 radical (unpaired) electrons. The predicted molar refractivity (Wildman–Crippen MR) is 150 cm³/mol. The van der Waals surface area contributed by atoms with Gasteiger partial charge in [-0.2, -0.15) is 13.2 Å². The van der Waals surface area contributed by atoms with E-state index in [4.69, 9.17) is 4.74 Å². The first-order chi connectivity index (χ1) is 19.3. The number of likely N-dealkylation sites (tertiary alicyclic amines) is 2. The van der Waals surface area contributed by atoms with E-state index in [1.807, 2.05) is 30.3 Å². The lowest BCUT2D eigenvalue weighted by Gasteiger charge is -2.32. The SMILES string of the molecule is O=C(CC1CCN(Cc2ccccc2)CC1)c1cccc(OC2CCN(Cc3ccc(C(F)(F)F)cc3)CC2)c1. The van der Waals surface area contributed by atoms with Crippen LogP contribution in [-0.4, -0.2) is 47.9 Å². The van der Waals surface area contributed by atoms with Gasteiger partial charge < -0.3 is 4.74 Å². The average molecular weight is 551 g/mol. The fourth-order valence-corrected chi connectivity index (χ4v) is 5.75. The van der Waals surface area contributed by atoms with Crippen molar-refractivity contribution in [2.45, 2.75) is 57.5 Å². The molecular formula is C33H37F3N2O2. The van der Waals surface area contributed by atoms with Gasteiger partial charge in [0.15, 0.2) is 5.78 Å². The molecule has 0 saturated carbocycles. The van der Waals surface area contributed by atoms with Crippen molar-refractivity contribution in [1.82, 2.24) is 9.80 Å². The van der Waals surface area contributed by atoms with Crippen LogP contribution in [0.2, 0.25) is 0 Å². The molecular weight excluding hydrogens is 513 g/mol. The van der Waals surface area contributed by atoms with Gasteiger partial charge >= 0.3 is 6.18 Å². The summed E-state index contributed by atoms with van der Waals surface area (Å²) in [7, 11) is 0. The van der Waals surface area contributed by atoms with Gasteiger partial charge in [0.25, 0.3) is 0 Å². The Bertz CT molecular complexity index is 1230. The minimum atomic E-state index is -4.31. The zero-order valence-electron chi connectivity index (χ0n) is 22.8. The van der Waals surface area contributed by atoms with Gasteiger partial charge in [-0.25, -0.2) is 0 Å². The molecule has 2 aliphatic rings. The Balaban J connectivity index is 1.05. The van der Waals surface area contributed by atoms with Crippen molar-refractivity contribution in [1.29, 1.82) is 0 Å². The summed E-state index contributed by atoms with van der Waals surface area (Å²) < 4.78 is 44.7. The van der Waals surface area contributed by atoms with Gasteiger partial charge in [0.05, 0.1) is 5.56 Å². The maximum absolute atomic E-state index is 13.1. The summed E-state index contributed by atoms with van der Waals surface area (Å²) in [6, 6.07) is 23.5. The molecule has 3 aromatic rings. The molecule has 7 heteroatoms. The summed E-state index contributed by atoms with van der Waals surface area (Å²) in [5.41, 5.74) is 2.30. The number of nitrogens with zero attached hydrogens (tertiary/aromatic N) is 2. The van der Waals surface area contributed by atoms with Crippen molar-refractivity contribution in [3.8, 4) is 5.75 Å². The minimum absolute atomic E-state index is 0.0585. The number of carbonyl (C=O) groups excluding carboxylic acids is 1. The highest BCUT2D eigenvalue weighted by atomic mass is 19.4. The third-order valence-electron chi connectivity index (χ3n) is 8.11. The van der Waals surface area contributed by atoms with Crippen molar-refractivity contribution in [3.05, 3.63) is 101 Å². The fraction of sp³-hybridized carbons (Fsp3) is 0.424. The third kappa shape index (κ3) is 7.95. The molecule has 40 heavy (non-hydrogen) atoms. The van der Waals surface area contributed by atoms with Crippen molar-refractivity contribution in [2.75, 3.05) is 26.2 Å². The van der Waals surface area contributed by atoms with Crippen LogP contribution in [0.5, 0.6) is 5.75 Å². The molecule has 2 saturated heterocycles. The number of alkyl halides is 3. The molecule has 2 fully saturated rings. The fourth-order valence-electron chi connectivity index (χ4n) is 5.75. The molecule has 0 N–H and O–H groups in total. The first-order valence-electron chi connectivity index (χ1n) is 14.3. The van der Waals surface area contributed by atoms with Gasteiger partial charge in [-0.3, -0.25) is 14.6 Å². The van der Waals surface area contributed by atoms with E-state index in [0.29, 0.717) is 24.4 Å². The number of rotatable bonds is 9. The number of halogens is 3. The van der Waals surface area contributed by atoms with Crippen molar-refractivity contribution >= 4 is 5.78 Å². The second-order valence-electron chi connectivity index (χ2n) is 11.1. The molecule has 0 aromatic heterocycles. The van der Waals surface area contributed by atoms with E-state index < -0.39 is 11.7 Å². The highest BCUT2D eigenvalue weighted by molar-refractivity contribution is 5.96. The molecule has 0 amide bonds. The van der Waals surface area contributed by atoms with Crippen molar-refractivity contribution in [2.24, 2.45) is 5.92 Å². The number of carbonyl (C=O) groups is 1. The van der Waals surface area contributed by atoms with Gasteiger partial charge in [-0.1, -0.05) is 54.6 Å². The second kappa shape index (κ2) is 13.0. The summed E-state index contributed by atoms with van der Waals surface area (Å²) in [6.07, 6.45) is 0.0743. The van der Waals surface area contributed by atoms with Crippen LogP contribution < -0.4 is 4.74 Å². The first kappa shape index (κ1) is 28.4. The lowest BCUT2D eigenvalue weighted by Crippen LogP contribution is -2.37. The Kier molecular flexibility index (Phi) is 9.22. The zero-order valence-corrected chi connectivity index (χ0v) is 22.8. The summed E-state index contributed by atoms with van der Waals surface area (Å²) in [6.45, 7) is 5.26. The van der Waals surface area contributed by atoms with Crippen LogP contribution in [0.1, 0.15) is 59.2 Å². The molecule has 0 aliphatic carbocycles. The van der Waals surface area contributed by atoms with Gasteiger partial charge in [-0.05, 0) is 80.1 Å². The van der Waals surface area contributed by atoms with Gasteiger partial charge in [0, 0.05) is 38.2 Å². The molecule has 212 valence electrons. The highest BCUT2D eigenvalue weighted by Gasteiger charge is 2.30. The van der Waals surface area contributed by atoms with E-state index >= 15 is 0 Å². The number of Topliss-reactive ketones (excluding diaryl/α,β-unsaturated/α-hetero) is 1.